The summed E-state index contributed by atoms with van der Waals surface area (Å²) in [6, 6.07) is 14.6. The van der Waals surface area contributed by atoms with Gasteiger partial charge in [0.15, 0.2) is 5.65 Å². The number of hydrogen-bond donors (Lipinski definition) is 2. The fourth-order valence-electron chi connectivity index (χ4n) is 3.43. The van der Waals surface area contributed by atoms with E-state index in [0.29, 0.717) is 27.9 Å². The van der Waals surface area contributed by atoms with Crippen LogP contribution in [-0.2, 0) is 4.79 Å². The standard InChI is InChI=1S/C24H21ClF3N3O.C3H5F.CH3NO/c1-15-6-7-17(10-16(15)2)22-13-30-23-21(29-9-8-24(26,27)28)12-20(14-31(22)23)32-19-5-3-4-18(25)11-19;4-3-1-2-3;2-1-3/h3-7,10-14,29H,8-9H2,1-2H3;3H,1-2H2;1H,(H2,2,3). The third-order valence-electron chi connectivity index (χ3n) is 5.65. The quantitative estimate of drug-likeness (QED) is 0.186. The molecule has 2 aromatic carbocycles. The normalized spacial score (nSPS) is 12.6. The number of anilines is 1. The average molecular weight is 565 g/mol. The Balaban J connectivity index is 0.000000530. The van der Waals surface area contributed by atoms with Crippen LogP contribution in [0.4, 0.5) is 23.2 Å². The van der Waals surface area contributed by atoms with Gasteiger partial charge in [-0.1, -0.05) is 29.8 Å². The van der Waals surface area contributed by atoms with Crippen molar-refractivity contribution in [2.45, 2.75) is 45.5 Å². The molecule has 2 aromatic heterocycles. The van der Waals surface area contributed by atoms with Crippen molar-refractivity contribution in [2.24, 2.45) is 5.73 Å². The van der Waals surface area contributed by atoms with E-state index in [-0.39, 0.29) is 13.0 Å². The minimum atomic E-state index is -4.25. The maximum atomic E-state index is 12.7. The van der Waals surface area contributed by atoms with Crippen LogP contribution >= 0.6 is 11.6 Å². The Kier molecular flexibility index (Phi) is 10.2. The molecule has 0 bridgehead atoms. The molecule has 39 heavy (non-hydrogen) atoms. The number of nitrogens with two attached hydrogens (primary N) is 1. The zero-order valence-corrected chi connectivity index (χ0v) is 22.2. The number of halogens is 5. The summed E-state index contributed by atoms with van der Waals surface area (Å²) in [5, 5.41) is 3.38. The number of pyridine rings is 1. The first-order valence-electron chi connectivity index (χ1n) is 12.1. The molecule has 0 spiro atoms. The number of carbonyl (C=O) groups excluding carboxylic acids is 1. The van der Waals surface area contributed by atoms with Gasteiger partial charge in [-0.05, 0) is 62.1 Å². The molecule has 5 rings (SSSR count). The molecule has 3 N–H and O–H groups in total. The Morgan fingerprint density at radius 2 is 1.82 bits per heavy atom. The molecule has 0 aliphatic heterocycles. The molecule has 2 heterocycles. The van der Waals surface area contributed by atoms with E-state index in [4.69, 9.17) is 21.1 Å². The van der Waals surface area contributed by atoms with Crippen LogP contribution in [0, 0.1) is 13.8 Å². The molecule has 0 radical (unpaired) electrons. The molecule has 1 aliphatic carbocycles. The van der Waals surface area contributed by atoms with Crippen LogP contribution in [0.3, 0.4) is 0 Å². The number of primary amides is 1. The van der Waals surface area contributed by atoms with Gasteiger partial charge in [0.25, 0.3) is 0 Å². The highest BCUT2D eigenvalue weighted by molar-refractivity contribution is 6.30. The fourth-order valence-corrected chi connectivity index (χ4v) is 3.61. The maximum Gasteiger partial charge on any atom is 0.390 e. The van der Waals surface area contributed by atoms with Crippen molar-refractivity contribution in [3.8, 4) is 22.8 Å². The second-order valence-electron chi connectivity index (χ2n) is 8.89. The van der Waals surface area contributed by atoms with Crippen LogP contribution in [0.2, 0.25) is 5.02 Å². The van der Waals surface area contributed by atoms with Gasteiger partial charge in [0.2, 0.25) is 6.41 Å². The highest BCUT2D eigenvalue weighted by Crippen LogP contribution is 2.32. The Labute approximate surface area is 228 Å². The van der Waals surface area contributed by atoms with Crippen LogP contribution in [0.1, 0.15) is 30.4 Å². The molecule has 6 nitrogen and oxygen atoms in total. The number of alkyl halides is 4. The van der Waals surface area contributed by atoms with Crippen molar-refractivity contribution in [2.75, 3.05) is 11.9 Å². The van der Waals surface area contributed by atoms with E-state index in [9.17, 15) is 17.6 Å². The third-order valence-corrected chi connectivity index (χ3v) is 5.88. The number of aromatic nitrogens is 2. The summed E-state index contributed by atoms with van der Waals surface area (Å²) >= 11 is 6.05. The van der Waals surface area contributed by atoms with E-state index >= 15 is 0 Å². The predicted molar refractivity (Wildman–Crippen MR) is 145 cm³/mol. The fraction of sp³-hybridized carbons (Fsp3) is 0.286. The number of benzene rings is 2. The summed E-state index contributed by atoms with van der Waals surface area (Å²) in [6.07, 6.45) is -0.262. The van der Waals surface area contributed by atoms with E-state index in [1.54, 1.807) is 42.7 Å². The topological polar surface area (TPSA) is 81.7 Å². The largest absolute Gasteiger partial charge is 0.456 e. The summed E-state index contributed by atoms with van der Waals surface area (Å²) in [6.45, 7) is 3.79. The van der Waals surface area contributed by atoms with Crippen LogP contribution in [0.5, 0.6) is 11.5 Å². The highest BCUT2D eigenvalue weighted by atomic mass is 35.5. The van der Waals surface area contributed by atoms with Crippen LogP contribution in [0.15, 0.2) is 60.9 Å². The van der Waals surface area contributed by atoms with E-state index in [2.05, 4.69) is 22.1 Å². The molecule has 1 amide bonds. The Hall–Kier alpha value is -3.79. The average Bonchev–Trinajstić information content (AvgIpc) is 3.52. The minimum absolute atomic E-state index is 0.250. The van der Waals surface area contributed by atoms with Gasteiger partial charge < -0.3 is 15.8 Å². The van der Waals surface area contributed by atoms with Crippen LogP contribution in [-0.4, -0.2) is 34.7 Å². The van der Waals surface area contributed by atoms with Gasteiger partial charge in [-0.3, -0.25) is 9.20 Å². The smallest absolute Gasteiger partial charge is 0.390 e. The molecule has 0 unspecified atom stereocenters. The highest BCUT2D eigenvalue weighted by Gasteiger charge is 2.26. The number of aryl methyl sites for hydroxylation is 2. The lowest BCUT2D eigenvalue weighted by Crippen LogP contribution is -2.15. The van der Waals surface area contributed by atoms with E-state index in [1.807, 2.05) is 30.4 Å². The predicted octanol–water partition coefficient (Wildman–Crippen LogP) is 7.65. The lowest BCUT2D eigenvalue weighted by molar-refractivity contribution is -0.131. The van der Waals surface area contributed by atoms with Gasteiger partial charge in [0.05, 0.1) is 30.2 Å². The zero-order valence-electron chi connectivity index (χ0n) is 21.4. The van der Waals surface area contributed by atoms with Gasteiger partial charge in [0, 0.05) is 23.2 Å². The van der Waals surface area contributed by atoms with E-state index in [0.717, 1.165) is 29.7 Å². The van der Waals surface area contributed by atoms with E-state index < -0.39 is 18.8 Å². The van der Waals surface area contributed by atoms with Crippen LogP contribution in [0.25, 0.3) is 16.9 Å². The van der Waals surface area contributed by atoms with Gasteiger partial charge in [0.1, 0.15) is 17.7 Å². The maximum absolute atomic E-state index is 12.7. The van der Waals surface area contributed by atoms with Crippen molar-refractivity contribution in [3.63, 3.8) is 0 Å². The first-order chi connectivity index (χ1) is 18.5. The minimum Gasteiger partial charge on any atom is -0.456 e. The van der Waals surface area contributed by atoms with Crippen molar-refractivity contribution >= 4 is 29.3 Å². The number of hydrogen-bond acceptors (Lipinski definition) is 4. The number of ether oxygens (including phenoxy) is 1. The van der Waals surface area contributed by atoms with Gasteiger partial charge in [-0.2, -0.15) is 13.2 Å². The lowest BCUT2D eigenvalue weighted by atomic mass is 10.0. The number of imidazole rings is 1. The number of carbonyl (C=O) groups is 1. The molecular formula is C28H29ClF4N4O2. The summed E-state index contributed by atoms with van der Waals surface area (Å²) in [5.41, 5.74) is 9.18. The second kappa shape index (κ2) is 13.3. The molecule has 1 saturated carbocycles. The Morgan fingerprint density at radius 3 is 2.41 bits per heavy atom. The van der Waals surface area contributed by atoms with Crippen LogP contribution < -0.4 is 15.8 Å². The van der Waals surface area contributed by atoms with Gasteiger partial charge in [-0.15, -0.1) is 0 Å². The number of nitrogens with one attached hydrogen (secondary N) is 1. The monoisotopic (exact) mass is 564 g/mol. The van der Waals surface area contributed by atoms with Crippen molar-refractivity contribution in [1.82, 2.24) is 9.38 Å². The van der Waals surface area contributed by atoms with E-state index in [1.165, 1.54) is 5.56 Å². The summed E-state index contributed by atoms with van der Waals surface area (Å²) < 4.78 is 56.9. The van der Waals surface area contributed by atoms with Crippen molar-refractivity contribution in [3.05, 3.63) is 77.1 Å². The summed E-state index contributed by atoms with van der Waals surface area (Å²) in [5.74, 6) is 0.961. The first-order valence-corrected chi connectivity index (χ1v) is 12.5. The zero-order chi connectivity index (χ0) is 28.6. The first kappa shape index (κ1) is 29.8. The van der Waals surface area contributed by atoms with Crippen molar-refractivity contribution in [1.29, 1.82) is 0 Å². The summed E-state index contributed by atoms with van der Waals surface area (Å²) in [4.78, 5) is 13.1. The lowest BCUT2D eigenvalue weighted by Gasteiger charge is -2.14. The number of rotatable bonds is 6. The molecule has 1 fully saturated rings. The van der Waals surface area contributed by atoms with Crippen molar-refractivity contribution < 1.29 is 27.1 Å². The Bertz CT molecular complexity index is 1400. The third kappa shape index (κ3) is 9.17. The Morgan fingerprint density at radius 1 is 1.13 bits per heavy atom. The number of fused-ring (bicyclic) bond motifs is 1. The van der Waals surface area contributed by atoms with Gasteiger partial charge >= 0.3 is 6.18 Å². The second-order valence-corrected chi connectivity index (χ2v) is 9.32. The molecule has 4 aromatic rings. The van der Waals surface area contributed by atoms with Gasteiger partial charge in [-0.25, -0.2) is 9.37 Å². The summed E-state index contributed by atoms with van der Waals surface area (Å²) in [7, 11) is 0. The molecular weight excluding hydrogens is 536 g/mol. The number of amides is 1. The SMILES string of the molecule is Cc1ccc(-c2cnc3c(NCCC(F)(F)F)cc(Oc4cccc(Cl)c4)cn23)cc1C.FC1CC1.NC=O. The molecule has 0 saturated heterocycles. The molecule has 208 valence electrons. The molecule has 0 atom stereocenters. The molecule has 1 aliphatic rings. The number of nitrogens with zero attached hydrogens (tertiary/aromatic N) is 2. The molecule has 11 heteroatoms.